The second-order valence-corrected chi connectivity index (χ2v) is 4.00. The van der Waals surface area contributed by atoms with Crippen LogP contribution >= 0.6 is 0 Å². The maximum Gasteiger partial charge on any atom is 0.159 e. The quantitative estimate of drug-likeness (QED) is 0.679. The SMILES string of the molecule is CC(=O)c1ccnc(N2CC(O)C(O)C2)c1. The molecule has 0 bridgehead atoms. The summed E-state index contributed by atoms with van der Waals surface area (Å²) in [5, 5.41) is 18.8. The predicted octanol–water partition coefficient (Wildman–Crippen LogP) is -0.174. The zero-order valence-corrected chi connectivity index (χ0v) is 9.00. The third kappa shape index (κ3) is 2.05. The summed E-state index contributed by atoms with van der Waals surface area (Å²) in [7, 11) is 0. The maximum absolute atomic E-state index is 11.2. The van der Waals surface area contributed by atoms with Gasteiger partial charge in [0.1, 0.15) is 5.82 Å². The van der Waals surface area contributed by atoms with Gasteiger partial charge in [-0.15, -0.1) is 0 Å². The minimum Gasteiger partial charge on any atom is -0.389 e. The van der Waals surface area contributed by atoms with Gasteiger partial charge < -0.3 is 15.1 Å². The number of pyridine rings is 1. The lowest BCUT2D eigenvalue weighted by molar-refractivity contribution is 0.0572. The largest absolute Gasteiger partial charge is 0.389 e. The molecule has 0 spiro atoms. The van der Waals surface area contributed by atoms with Gasteiger partial charge in [-0.3, -0.25) is 4.79 Å². The molecule has 0 aromatic carbocycles. The number of aliphatic hydroxyl groups is 2. The smallest absolute Gasteiger partial charge is 0.159 e. The van der Waals surface area contributed by atoms with Crippen LogP contribution in [-0.4, -0.2) is 46.3 Å². The van der Waals surface area contributed by atoms with E-state index in [0.29, 0.717) is 24.5 Å². The Bertz CT molecular complexity index is 398. The number of aliphatic hydroxyl groups excluding tert-OH is 2. The normalized spacial score (nSPS) is 24.8. The van der Waals surface area contributed by atoms with Gasteiger partial charge in [0.05, 0.1) is 12.2 Å². The first kappa shape index (κ1) is 11.0. The molecule has 1 aliphatic heterocycles. The van der Waals surface area contributed by atoms with Crippen LogP contribution in [0.5, 0.6) is 0 Å². The molecule has 2 N–H and O–H groups in total. The van der Waals surface area contributed by atoms with Crippen molar-refractivity contribution in [2.75, 3.05) is 18.0 Å². The van der Waals surface area contributed by atoms with Gasteiger partial charge >= 0.3 is 0 Å². The Morgan fingerprint density at radius 3 is 2.62 bits per heavy atom. The first-order valence-electron chi connectivity index (χ1n) is 5.16. The van der Waals surface area contributed by atoms with Crippen LogP contribution in [0.15, 0.2) is 18.3 Å². The molecule has 2 rings (SSSR count). The first-order valence-corrected chi connectivity index (χ1v) is 5.16. The number of Topliss-reactive ketones (excluding diaryl/α,β-unsaturated/α-hetero) is 1. The fraction of sp³-hybridized carbons (Fsp3) is 0.455. The van der Waals surface area contributed by atoms with Crippen LogP contribution in [-0.2, 0) is 0 Å². The number of ketones is 1. The summed E-state index contributed by atoms with van der Waals surface area (Å²) in [6, 6.07) is 3.32. The van der Waals surface area contributed by atoms with Crippen LogP contribution in [0.1, 0.15) is 17.3 Å². The van der Waals surface area contributed by atoms with Crippen molar-refractivity contribution < 1.29 is 15.0 Å². The lowest BCUT2D eigenvalue weighted by atomic mass is 10.2. The lowest BCUT2D eigenvalue weighted by Crippen LogP contribution is -2.22. The van der Waals surface area contributed by atoms with E-state index < -0.39 is 12.2 Å². The topological polar surface area (TPSA) is 73.7 Å². The number of anilines is 1. The molecule has 5 heteroatoms. The highest BCUT2D eigenvalue weighted by Crippen LogP contribution is 2.19. The highest BCUT2D eigenvalue weighted by molar-refractivity contribution is 5.94. The van der Waals surface area contributed by atoms with Crippen molar-refractivity contribution in [3.05, 3.63) is 23.9 Å². The van der Waals surface area contributed by atoms with Crippen LogP contribution in [0.25, 0.3) is 0 Å². The Kier molecular flexibility index (Phi) is 2.89. The third-order valence-electron chi connectivity index (χ3n) is 2.74. The van der Waals surface area contributed by atoms with E-state index in [4.69, 9.17) is 0 Å². The molecule has 1 aromatic rings. The summed E-state index contributed by atoms with van der Waals surface area (Å²) in [5.74, 6) is 0.590. The molecule has 16 heavy (non-hydrogen) atoms. The van der Waals surface area contributed by atoms with Gasteiger partial charge in [-0.1, -0.05) is 0 Å². The molecule has 0 aliphatic carbocycles. The average Bonchev–Trinajstić information content (AvgIpc) is 2.59. The van der Waals surface area contributed by atoms with Crippen molar-refractivity contribution in [1.29, 1.82) is 0 Å². The van der Waals surface area contributed by atoms with Gasteiger partial charge in [-0.25, -0.2) is 4.98 Å². The standard InChI is InChI=1S/C11H14N2O3/c1-7(14)8-2-3-12-11(4-8)13-5-9(15)10(16)6-13/h2-4,9-10,15-16H,5-6H2,1H3. The summed E-state index contributed by atoms with van der Waals surface area (Å²) >= 11 is 0. The molecule has 2 unspecified atom stereocenters. The zero-order chi connectivity index (χ0) is 11.7. The minimum atomic E-state index is -0.747. The fourth-order valence-electron chi connectivity index (χ4n) is 1.77. The van der Waals surface area contributed by atoms with E-state index in [9.17, 15) is 15.0 Å². The summed E-state index contributed by atoms with van der Waals surface area (Å²) in [6.45, 7) is 2.18. The molecular weight excluding hydrogens is 208 g/mol. The van der Waals surface area contributed by atoms with Crippen molar-refractivity contribution >= 4 is 11.6 Å². The molecule has 0 radical (unpaired) electrons. The van der Waals surface area contributed by atoms with Crippen molar-refractivity contribution in [2.45, 2.75) is 19.1 Å². The van der Waals surface area contributed by atoms with Gasteiger partial charge in [-0.2, -0.15) is 0 Å². The Hall–Kier alpha value is -1.46. The van der Waals surface area contributed by atoms with Gasteiger partial charge in [0.25, 0.3) is 0 Å². The number of rotatable bonds is 2. The molecule has 5 nitrogen and oxygen atoms in total. The number of β-amino-alcohol motifs (C(OH)–C–C–N with tert-alkyl or cyclic N) is 2. The molecule has 1 fully saturated rings. The van der Waals surface area contributed by atoms with E-state index >= 15 is 0 Å². The Morgan fingerprint density at radius 2 is 2.06 bits per heavy atom. The van der Waals surface area contributed by atoms with Gasteiger partial charge in [-0.05, 0) is 19.1 Å². The summed E-state index contributed by atoms with van der Waals surface area (Å²) < 4.78 is 0. The third-order valence-corrected chi connectivity index (χ3v) is 2.74. The van der Waals surface area contributed by atoms with Crippen LogP contribution in [0.4, 0.5) is 5.82 Å². The van der Waals surface area contributed by atoms with E-state index in [1.54, 1.807) is 23.2 Å². The number of aromatic nitrogens is 1. The molecule has 2 atom stereocenters. The molecule has 1 aliphatic rings. The number of nitrogens with zero attached hydrogens (tertiary/aromatic N) is 2. The summed E-state index contributed by atoms with van der Waals surface area (Å²) in [5.41, 5.74) is 0.584. The fourth-order valence-corrected chi connectivity index (χ4v) is 1.77. The first-order chi connectivity index (χ1) is 7.58. The number of hydrogen-bond donors (Lipinski definition) is 2. The Labute approximate surface area is 93.3 Å². The minimum absolute atomic E-state index is 0.0241. The Morgan fingerprint density at radius 1 is 1.44 bits per heavy atom. The van der Waals surface area contributed by atoms with Gasteiger partial charge in [0, 0.05) is 24.8 Å². The molecule has 0 amide bonds. The Balaban J connectivity index is 2.21. The molecular formula is C11H14N2O3. The van der Waals surface area contributed by atoms with Crippen LogP contribution in [0.2, 0.25) is 0 Å². The monoisotopic (exact) mass is 222 g/mol. The number of carbonyl (C=O) groups is 1. The molecule has 1 saturated heterocycles. The predicted molar refractivity (Wildman–Crippen MR) is 58.5 cm³/mol. The summed E-state index contributed by atoms with van der Waals surface area (Å²) in [4.78, 5) is 17.1. The van der Waals surface area contributed by atoms with E-state index in [1.165, 1.54) is 6.92 Å². The van der Waals surface area contributed by atoms with E-state index in [1.807, 2.05) is 0 Å². The van der Waals surface area contributed by atoms with Crippen LogP contribution in [0.3, 0.4) is 0 Å². The van der Waals surface area contributed by atoms with Crippen molar-refractivity contribution in [2.24, 2.45) is 0 Å². The molecule has 1 aromatic heterocycles. The van der Waals surface area contributed by atoms with E-state index in [0.717, 1.165) is 0 Å². The molecule has 86 valence electrons. The number of hydrogen-bond acceptors (Lipinski definition) is 5. The lowest BCUT2D eigenvalue weighted by Gasteiger charge is -2.16. The van der Waals surface area contributed by atoms with Crippen molar-refractivity contribution in [3.63, 3.8) is 0 Å². The maximum atomic E-state index is 11.2. The van der Waals surface area contributed by atoms with Gasteiger partial charge in [0.15, 0.2) is 5.78 Å². The zero-order valence-electron chi connectivity index (χ0n) is 9.00. The van der Waals surface area contributed by atoms with Crippen molar-refractivity contribution in [3.8, 4) is 0 Å². The average molecular weight is 222 g/mol. The highest BCUT2D eigenvalue weighted by atomic mass is 16.3. The van der Waals surface area contributed by atoms with E-state index in [2.05, 4.69) is 4.98 Å². The molecule has 2 heterocycles. The highest BCUT2D eigenvalue weighted by Gasteiger charge is 2.30. The molecule has 0 saturated carbocycles. The van der Waals surface area contributed by atoms with Crippen molar-refractivity contribution in [1.82, 2.24) is 4.98 Å². The van der Waals surface area contributed by atoms with Gasteiger partial charge in [0.2, 0.25) is 0 Å². The second kappa shape index (κ2) is 4.19. The number of carbonyl (C=O) groups excluding carboxylic acids is 1. The summed E-state index contributed by atoms with van der Waals surface area (Å²) in [6.07, 6.45) is 0.0638. The van der Waals surface area contributed by atoms with Crippen LogP contribution in [0, 0.1) is 0 Å². The van der Waals surface area contributed by atoms with E-state index in [-0.39, 0.29) is 5.78 Å². The second-order valence-electron chi connectivity index (χ2n) is 4.00. The van der Waals surface area contributed by atoms with Crippen LogP contribution < -0.4 is 4.90 Å².